The minimum atomic E-state index is -0.462. The molecule has 1 aliphatic heterocycles. The summed E-state index contributed by atoms with van der Waals surface area (Å²) < 4.78 is 5.32. The van der Waals surface area contributed by atoms with Crippen LogP contribution in [0.2, 0.25) is 0 Å². The normalized spacial score (nSPS) is 28.0. The van der Waals surface area contributed by atoms with E-state index in [-0.39, 0.29) is 17.6 Å². The Morgan fingerprint density at radius 1 is 1.44 bits per heavy atom. The zero-order chi connectivity index (χ0) is 12.0. The van der Waals surface area contributed by atoms with E-state index in [9.17, 15) is 9.90 Å². The molecule has 0 radical (unpaired) electrons. The molecule has 1 N–H and O–H groups in total. The van der Waals surface area contributed by atoms with E-state index in [2.05, 4.69) is 0 Å². The molecular formula is C12H21NO3. The van der Waals surface area contributed by atoms with Gasteiger partial charge in [-0.25, -0.2) is 4.79 Å². The first-order valence-electron chi connectivity index (χ1n) is 5.96. The van der Waals surface area contributed by atoms with Crippen LogP contribution in [-0.4, -0.2) is 40.9 Å². The number of carbonyl (C=O) groups is 1. The molecular weight excluding hydrogens is 206 g/mol. The molecule has 0 aromatic carbocycles. The first-order chi connectivity index (χ1) is 7.30. The lowest BCUT2D eigenvalue weighted by atomic mass is 9.93. The lowest BCUT2D eigenvalue weighted by Gasteiger charge is -2.36. The molecule has 1 aliphatic carbocycles. The minimum Gasteiger partial charge on any atom is -0.444 e. The van der Waals surface area contributed by atoms with Crippen LogP contribution in [0, 0.1) is 5.41 Å². The molecule has 2 fully saturated rings. The van der Waals surface area contributed by atoms with Gasteiger partial charge in [-0.3, -0.25) is 0 Å². The van der Waals surface area contributed by atoms with Crippen molar-refractivity contribution in [1.29, 1.82) is 0 Å². The number of β-amino-alcohol motifs (C(OH)–C–C–N with tert-alkyl or cyclic N) is 1. The summed E-state index contributed by atoms with van der Waals surface area (Å²) in [4.78, 5) is 13.5. The lowest BCUT2D eigenvalue weighted by molar-refractivity contribution is -0.0113. The van der Waals surface area contributed by atoms with Crippen LogP contribution in [0.5, 0.6) is 0 Å². The smallest absolute Gasteiger partial charge is 0.410 e. The van der Waals surface area contributed by atoms with Gasteiger partial charge in [0, 0.05) is 13.1 Å². The average Bonchev–Trinajstić information content (AvgIpc) is 2.80. The number of aliphatic hydroxyl groups excluding tert-OH is 1. The molecule has 92 valence electrons. The van der Waals surface area contributed by atoms with Gasteiger partial charge in [0.25, 0.3) is 0 Å². The second kappa shape index (κ2) is 3.62. The molecule has 1 amide bonds. The van der Waals surface area contributed by atoms with Crippen molar-refractivity contribution < 1.29 is 14.6 Å². The van der Waals surface area contributed by atoms with E-state index in [1.54, 1.807) is 4.90 Å². The predicted octanol–water partition coefficient (Wildman–Crippen LogP) is 1.77. The Kier molecular flexibility index (Phi) is 2.65. The highest BCUT2D eigenvalue weighted by molar-refractivity contribution is 5.68. The molecule has 1 heterocycles. The maximum absolute atomic E-state index is 11.9. The zero-order valence-corrected chi connectivity index (χ0v) is 10.3. The van der Waals surface area contributed by atoms with Crippen molar-refractivity contribution in [2.45, 2.75) is 51.7 Å². The summed E-state index contributed by atoms with van der Waals surface area (Å²) in [6, 6.07) is 0. The monoisotopic (exact) mass is 227 g/mol. The van der Waals surface area contributed by atoms with Crippen LogP contribution >= 0.6 is 0 Å². The van der Waals surface area contributed by atoms with Gasteiger partial charge in [-0.2, -0.15) is 0 Å². The number of rotatable bonds is 0. The van der Waals surface area contributed by atoms with Crippen LogP contribution in [0.3, 0.4) is 0 Å². The summed E-state index contributed by atoms with van der Waals surface area (Å²) in [5.74, 6) is 0. The molecule has 0 unspecified atom stereocenters. The highest BCUT2D eigenvalue weighted by atomic mass is 16.6. The molecule has 4 heteroatoms. The van der Waals surface area contributed by atoms with Crippen LogP contribution in [0.15, 0.2) is 0 Å². The van der Waals surface area contributed by atoms with E-state index < -0.39 is 5.60 Å². The van der Waals surface area contributed by atoms with Crippen molar-refractivity contribution in [3.8, 4) is 0 Å². The second-order valence-corrected chi connectivity index (χ2v) is 6.22. The van der Waals surface area contributed by atoms with Gasteiger partial charge in [-0.15, -0.1) is 0 Å². The van der Waals surface area contributed by atoms with Gasteiger partial charge in [-0.05, 0) is 45.4 Å². The van der Waals surface area contributed by atoms with E-state index in [4.69, 9.17) is 4.74 Å². The maximum atomic E-state index is 11.9. The summed E-state index contributed by atoms with van der Waals surface area (Å²) in [5.41, 5.74) is -0.259. The number of nitrogens with zero attached hydrogens (tertiary/aromatic N) is 1. The molecule has 1 spiro atoms. The SMILES string of the molecule is CC(C)(C)OC(=O)N1C[C@H](O)CC2(CC2)C1. The van der Waals surface area contributed by atoms with E-state index in [0.717, 1.165) is 25.8 Å². The Labute approximate surface area is 96.6 Å². The largest absolute Gasteiger partial charge is 0.444 e. The Bertz CT molecular complexity index is 291. The van der Waals surface area contributed by atoms with Crippen molar-refractivity contribution >= 4 is 6.09 Å². The summed E-state index contributed by atoms with van der Waals surface area (Å²) in [7, 11) is 0. The molecule has 16 heavy (non-hydrogen) atoms. The van der Waals surface area contributed by atoms with Crippen molar-refractivity contribution in [2.24, 2.45) is 5.41 Å². The van der Waals surface area contributed by atoms with Crippen molar-refractivity contribution in [3.05, 3.63) is 0 Å². The molecule has 1 atom stereocenters. The Morgan fingerprint density at radius 2 is 2.06 bits per heavy atom. The fourth-order valence-corrected chi connectivity index (χ4v) is 2.36. The molecule has 1 saturated heterocycles. The number of aliphatic hydroxyl groups is 1. The topological polar surface area (TPSA) is 49.8 Å². The molecule has 2 rings (SSSR count). The number of ether oxygens (including phenoxy) is 1. The first-order valence-corrected chi connectivity index (χ1v) is 5.96. The molecule has 0 aromatic heterocycles. The first kappa shape index (κ1) is 11.7. The van der Waals surface area contributed by atoms with Crippen LogP contribution in [-0.2, 0) is 4.74 Å². The number of likely N-dealkylation sites (tertiary alicyclic amines) is 1. The predicted molar refractivity (Wildman–Crippen MR) is 60.1 cm³/mol. The Hall–Kier alpha value is -0.770. The van der Waals surface area contributed by atoms with Crippen LogP contribution < -0.4 is 0 Å². The average molecular weight is 227 g/mol. The minimum absolute atomic E-state index is 0.203. The van der Waals surface area contributed by atoms with E-state index in [1.165, 1.54) is 0 Å². The summed E-state index contributed by atoms with van der Waals surface area (Å²) >= 11 is 0. The number of hydrogen-bond acceptors (Lipinski definition) is 3. The molecule has 0 aromatic rings. The molecule has 0 bridgehead atoms. The number of hydrogen-bond donors (Lipinski definition) is 1. The number of piperidine rings is 1. The zero-order valence-electron chi connectivity index (χ0n) is 10.3. The van der Waals surface area contributed by atoms with Gasteiger partial charge in [0.1, 0.15) is 5.60 Å². The Morgan fingerprint density at radius 3 is 2.56 bits per heavy atom. The fourth-order valence-electron chi connectivity index (χ4n) is 2.36. The van der Waals surface area contributed by atoms with Crippen LogP contribution in [0.25, 0.3) is 0 Å². The molecule has 1 saturated carbocycles. The number of carbonyl (C=O) groups excluding carboxylic acids is 1. The fraction of sp³-hybridized carbons (Fsp3) is 0.917. The lowest BCUT2D eigenvalue weighted by Crippen LogP contribution is -2.48. The van der Waals surface area contributed by atoms with Crippen molar-refractivity contribution in [1.82, 2.24) is 4.90 Å². The highest BCUT2D eigenvalue weighted by Crippen LogP contribution is 2.52. The maximum Gasteiger partial charge on any atom is 0.410 e. The molecule has 4 nitrogen and oxygen atoms in total. The van der Waals surface area contributed by atoms with E-state index in [1.807, 2.05) is 20.8 Å². The second-order valence-electron chi connectivity index (χ2n) is 6.22. The Balaban J connectivity index is 1.96. The molecule has 2 aliphatic rings. The van der Waals surface area contributed by atoms with Gasteiger partial charge in [0.05, 0.1) is 6.10 Å². The third-order valence-electron chi connectivity index (χ3n) is 3.23. The third kappa shape index (κ3) is 2.67. The van der Waals surface area contributed by atoms with Gasteiger partial charge < -0.3 is 14.7 Å². The number of amides is 1. The third-order valence-corrected chi connectivity index (χ3v) is 3.23. The quantitative estimate of drug-likeness (QED) is 0.686. The van der Waals surface area contributed by atoms with Gasteiger partial charge in [-0.1, -0.05) is 0 Å². The van der Waals surface area contributed by atoms with Crippen molar-refractivity contribution in [2.75, 3.05) is 13.1 Å². The summed E-state index contributed by atoms with van der Waals surface area (Å²) in [6.07, 6.45) is 2.42. The van der Waals surface area contributed by atoms with Crippen molar-refractivity contribution in [3.63, 3.8) is 0 Å². The highest BCUT2D eigenvalue weighted by Gasteiger charge is 2.49. The van der Waals surface area contributed by atoms with Gasteiger partial charge in [0.2, 0.25) is 0 Å². The van der Waals surface area contributed by atoms with Gasteiger partial charge >= 0.3 is 6.09 Å². The summed E-state index contributed by atoms with van der Waals surface area (Å²) in [6.45, 7) is 6.74. The van der Waals surface area contributed by atoms with E-state index in [0.29, 0.717) is 6.54 Å². The standard InChI is InChI=1S/C12H21NO3/c1-11(2,3)16-10(15)13-7-9(14)6-12(8-13)4-5-12/h9,14H,4-8H2,1-3H3/t9-/m1/s1. The summed E-state index contributed by atoms with van der Waals surface area (Å²) in [5, 5.41) is 9.75. The van der Waals surface area contributed by atoms with E-state index >= 15 is 0 Å². The van der Waals surface area contributed by atoms with Crippen LogP contribution in [0.4, 0.5) is 4.79 Å². The van der Waals surface area contributed by atoms with Crippen LogP contribution in [0.1, 0.15) is 40.0 Å². The van der Waals surface area contributed by atoms with Gasteiger partial charge in [0.15, 0.2) is 0 Å².